The van der Waals surface area contributed by atoms with Crippen molar-refractivity contribution < 1.29 is 23.9 Å². The fraction of sp³-hybridized carbons (Fsp3) is 0.375. The summed E-state index contributed by atoms with van der Waals surface area (Å²) in [5, 5.41) is 9.05. The van der Waals surface area contributed by atoms with Gasteiger partial charge in [0.2, 0.25) is 17.7 Å². The molecular weight excluding hydrogens is 658 g/mol. The molecule has 0 radical (unpaired) electrons. The van der Waals surface area contributed by atoms with E-state index in [4.69, 9.17) is 9.47 Å². The van der Waals surface area contributed by atoms with E-state index in [0.29, 0.717) is 47.8 Å². The number of benzene rings is 3. The molecule has 0 bridgehead atoms. The number of hydrogen-bond donors (Lipinski definition) is 3. The predicted octanol–water partition coefficient (Wildman–Crippen LogP) is 6.76. The molecule has 0 spiro atoms. The van der Waals surface area contributed by atoms with E-state index >= 15 is 0 Å². The number of aryl methyl sites for hydroxylation is 3. The maximum Gasteiger partial charge on any atom is 0.262 e. The predicted molar refractivity (Wildman–Crippen MR) is 205 cm³/mol. The van der Waals surface area contributed by atoms with Crippen LogP contribution in [-0.2, 0) is 11.2 Å². The van der Waals surface area contributed by atoms with Gasteiger partial charge in [0.25, 0.3) is 11.8 Å². The Morgan fingerprint density at radius 1 is 0.904 bits per heavy atom. The third kappa shape index (κ3) is 10.8. The van der Waals surface area contributed by atoms with Gasteiger partial charge in [0.1, 0.15) is 5.56 Å². The number of hydrogen-bond acceptors (Lipinski definition) is 9. The Labute approximate surface area is 306 Å². The van der Waals surface area contributed by atoms with Crippen molar-refractivity contribution in [3.8, 4) is 17.4 Å². The van der Waals surface area contributed by atoms with E-state index in [1.807, 2.05) is 52.0 Å². The summed E-state index contributed by atoms with van der Waals surface area (Å²) in [5.74, 6) is 0.387. The fourth-order valence-electron chi connectivity index (χ4n) is 5.54. The third-order valence-corrected chi connectivity index (χ3v) is 8.62. The number of amides is 3. The number of carbonyl (C=O) groups is 3. The van der Waals surface area contributed by atoms with Crippen molar-refractivity contribution in [3.63, 3.8) is 0 Å². The molecule has 1 heterocycles. The summed E-state index contributed by atoms with van der Waals surface area (Å²) in [6.45, 7) is 15.2. The molecule has 0 aliphatic heterocycles. The number of nitrogens with one attached hydrogen (secondary N) is 3. The number of likely N-dealkylation sites (N-methyl/N-ethyl adjacent to an activating group) is 2. The molecule has 0 atom stereocenters. The number of carbonyl (C=O) groups excluding carboxylic acids is 3. The lowest BCUT2D eigenvalue weighted by Crippen LogP contribution is -2.36. The van der Waals surface area contributed by atoms with Crippen LogP contribution in [0.25, 0.3) is 0 Å². The molecule has 3 N–H and O–H groups in total. The Morgan fingerprint density at radius 2 is 1.60 bits per heavy atom. The SMILES string of the molecule is CCN(CC)CCN(C)C(=O)c1ccc(Nc2ncc(C(=O)Nc3c(C)cccc3C)c(Oc3ccc(CCC(=O)NC(C)C)cc3OC)n2)cc1. The van der Waals surface area contributed by atoms with E-state index in [9.17, 15) is 14.4 Å². The van der Waals surface area contributed by atoms with Crippen molar-refractivity contribution in [3.05, 3.63) is 94.7 Å². The van der Waals surface area contributed by atoms with Crippen LogP contribution in [0, 0.1) is 13.8 Å². The fourth-order valence-corrected chi connectivity index (χ4v) is 5.54. The molecule has 12 heteroatoms. The average molecular weight is 710 g/mol. The number of aromatic nitrogens is 2. The van der Waals surface area contributed by atoms with Crippen molar-refractivity contribution in [2.45, 2.75) is 60.4 Å². The van der Waals surface area contributed by atoms with Crippen molar-refractivity contribution in [2.24, 2.45) is 0 Å². The van der Waals surface area contributed by atoms with E-state index in [2.05, 4.69) is 44.7 Å². The summed E-state index contributed by atoms with van der Waals surface area (Å²) in [4.78, 5) is 52.0. The molecule has 3 amide bonds. The molecule has 12 nitrogen and oxygen atoms in total. The Hall–Kier alpha value is -5.49. The highest BCUT2D eigenvalue weighted by atomic mass is 16.5. The summed E-state index contributed by atoms with van der Waals surface area (Å²) >= 11 is 0. The Bertz CT molecular complexity index is 1820. The number of ether oxygens (including phenoxy) is 2. The van der Waals surface area contributed by atoms with Gasteiger partial charge in [0.05, 0.1) is 7.11 Å². The highest BCUT2D eigenvalue weighted by Gasteiger charge is 2.21. The molecule has 4 rings (SSSR count). The van der Waals surface area contributed by atoms with Crippen LogP contribution in [0.15, 0.2) is 66.9 Å². The summed E-state index contributed by atoms with van der Waals surface area (Å²) < 4.78 is 11.9. The van der Waals surface area contributed by atoms with E-state index in [0.717, 1.165) is 36.3 Å². The number of rotatable bonds is 17. The van der Waals surface area contributed by atoms with Gasteiger partial charge in [-0.1, -0.05) is 38.1 Å². The zero-order valence-corrected chi connectivity index (χ0v) is 31.5. The summed E-state index contributed by atoms with van der Waals surface area (Å²) in [6, 6.07) is 18.3. The van der Waals surface area contributed by atoms with Gasteiger partial charge in [0.15, 0.2) is 11.5 Å². The van der Waals surface area contributed by atoms with Crippen molar-refractivity contribution in [1.29, 1.82) is 0 Å². The molecule has 0 aliphatic carbocycles. The molecule has 0 aliphatic rings. The van der Waals surface area contributed by atoms with Gasteiger partial charge in [-0.3, -0.25) is 14.4 Å². The number of anilines is 3. The smallest absolute Gasteiger partial charge is 0.262 e. The van der Waals surface area contributed by atoms with Gasteiger partial charge in [-0.15, -0.1) is 0 Å². The molecular formula is C40H51N7O5. The first kappa shape index (κ1) is 39.3. The standard InChI is InChI=1S/C40H51N7O5/c1-9-47(10-2)23-22-46(7)39(50)30-16-18-31(19-17-30)43-40-41-25-32(37(49)44-36-27(5)12-11-13-28(36)6)38(45-40)52-33-20-14-29(24-34(33)51-8)15-21-35(48)42-26(3)4/h11-14,16-20,24-26H,9-10,15,21-23H2,1-8H3,(H,42,48)(H,44,49)(H,41,43,45). The van der Waals surface area contributed by atoms with E-state index < -0.39 is 5.91 Å². The molecule has 276 valence electrons. The highest BCUT2D eigenvalue weighted by Crippen LogP contribution is 2.34. The van der Waals surface area contributed by atoms with Crippen LogP contribution in [0.1, 0.15) is 71.5 Å². The van der Waals surface area contributed by atoms with Crippen molar-refractivity contribution >= 4 is 35.0 Å². The zero-order valence-electron chi connectivity index (χ0n) is 31.5. The van der Waals surface area contributed by atoms with Gasteiger partial charge < -0.3 is 35.2 Å². The topological polar surface area (TPSA) is 138 Å². The minimum atomic E-state index is -0.446. The second kappa shape index (κ2) is 18.7. The van der Waals surface area contributed by atoms with E-state index in [-0.39, 0.29) is 35.2 Å². The molecule has 1 aromatic heterocycles. The number of nitrogens with zero attached hydrogens (tertiary/aromatic N) is 4. The molecule has 0 unspecified atom stereocenters. The van der Waals surface area contributed by atoms with Crippen LogP contribution in [-0.4, -0.2) is 83.9 Å². The van der Waals surface area contributed by atoms with Gasteiger partial charge in [-0.05, 0) is 100 Å². The summed E-state index contributed by atoms with van der Waals surface area (Å²) in [7, 11) is 3.33. The molecule has 52 heavy (non-hydrogen) atoms. The van der Waals surface area contributed by atoms with Gasteiger partial charge in [-0.25, -0.2) is 4.98 Å². The molecule has 0 fully saturated rings. The van der Waals surface area contributed by atoms with Crippen molar-refractivity contribution in [2.75, 3.05) is 51.0 Å². The third-order valence-electron chi connectivity index (χ3n) is 8.62. The first-order valence-electron chi connectivity index (χ1n) is 17.7. The van der Waals surface area contributed by atoms with Crippen LogP contribution < -0.4 is 25.4 Å². The quantitative estimate of drug-likeness (QED) is 0.109. The zero-order chi connectivity index (χ0) is 37.8. The summed E-state index contributed by atoms with van der Waals surface area (Å²) in [6.07, 6.45) is 2.25. The lowest BCUT2D eigenvalue weighted by molar-refractivity contribution is -0.121. The molecule has 0 saturated carbocycles. The van der Waals surface area contributed by atoms with Crippen molar-refractivity contribution in [1.82, 2.24) is 25.1 Å². The molecule has 0 saturated heterocycles. The normalized spacial score (nSPS) is 11.0. The van der Waals surface area contributed by atoms with Gasteiger partial charge in [0, 0.05) is 55.7 Å². The second-order valence-corrected chi connectivity index (χ2v) is 12.9. The Morgan fingerprint density at radius 3 is 2.23 bits per heavy atom. The first-order valence-corrected chi connectivity index (χ1v) is 17.7. The minimum absolute atomic E-state index is 0.00484. The monoisotopic (exact) mass is 709 g/mol. The van der Waals surface area contributed by atoms with Crippen LogP contribution in [0.2, 0.25) is 0 Å². The highest BCUT2D eigenvalue weighted by molar-refractivity contribution is 6.06. The van der Waals surface area contributed by atoms with Crippen LogP contribution >= 0.6 is 0 Å². The minimum Gasteiger partial charge on any atom is -0.493 e. The largest absolute Gasteiger partial charge is 0.493 e. The Kier molecular flexibility index (Phi) is 14.1. The first-order chi connectivity index (χ1) is 24.9. The van der Waals surface area contributed by atoms with Gasteiger partial charge >= 0.3 is 0 Å². The van der Waals surface area contributed by atoms with Crippen LogP contribution in [0.5, 0.6) is 17.4 Å². The van der Waals surface area contributed by atoms with E-state index in [1.165, 1.54) is 13.3 Å². The number of para-hydroxylation sites is 1. The van der Waals surface area contributed by atoms with Gasteiger partial charge in [-0.2, -0.15) is 4.98 Å². The lowest BCUT2D eigenvalue weighted by Gasteiger charge is -2.23. The maximum atomic E-state index is 13.7. The van der Waals surface area contributed by atoms with Crippen LogP contribution in [0.3, 0.4) is 0 Å². The molecule has 3 aromatic carbocycles. The molecule has 4 aromatic rings. The average Bonchev–Trinajstić information content (AvgIpc) is 3.12. The number of methoxy groups -OCH3 is 1. The lowest BCUT2D eigenvalue weighted by atomic mass is 10.1. The second-order valence-electron chi connectivity index (χ2n) is 12.9. The maximum absolute atomic E-state index is 13.7. The van der Waals surface area contributed by atoms with Crippen LogP contribution in [0.4, 0.5) is 17.3 Å². The summed E-state index contributed by atoms with van der Waals surface area (Å²) in [5.41, 5.74) is 4.71. The Balaban J connectivity index is 1.58. The van der Waals surface area contributed by atoms with E-state index in [1.54, 1.807) is 48.3 Å².